The molecule has 0 aliphatic rings. The lowest BCUT2D eigenvalue weighted by Gasteiger charge is -2.09. The van der Waals surface area contributed by atoms with E-state index in [-0.39, 0.29) is 0 Å². The first-order valence-corrected chi connectivity index (χ1v) is 21.1. The van der Waals surface area contributed by atoms with Crippen LogP contribution in [0.4, 0.5) is 0 Å². The van der Waals surface area contributed by atoms with Crippen LogP contribution in [0, 0.1) is 0 Å². The van der Waals surface area contributed by atoms with Crippen LogP contribution in [-0.2, 0) is 0 Å². The predicted molar refractivity (Wildman–Crippen MR) is 256 cm³/mol. The highest BCUT2D eigenvalue weighted by Gasteiger charge is 2.20. The van der Waals surface area contributed by atoms with E-state index in [1.54, 1.807) is 0 Å². The molecule has 0 spiro atoms. The Labute approximate surface area is 361 Å². The van der Waals surface area contributed by atoms with Crippen molar-refractivity contribution in [3.8, 4) is 62.1 Å². The van der Waals surface area contributed by atoms with Crippen LogP contribution in [0.2, 0.25) is 0 Å². The molecule has 0 aliphatic carbocycles. The van der Waals surface area contributed by atoms with E-state index in [1.165, 1.54) is 21.8 Å². The van der Waals surface area contributed by atoms with E-state index >= 15 is 0 Å². The fraction of sp³-hybridized carbons (Fsp3) is 0. The molecule has 4 aromatic heterocycles. The van der Waals surface area contributed by atoms with Crippen LogP contribution in [0.1, 0.15) is 0 Å². The van der Waals surface area contributed by atoms with Crippen LogP contribution in [0.3, 0.4) is 0 Å². The molecule has 13 aromatic rings. The fourth-order valence-electron chi connectivity index (χ4n) is 9.36. The highest BCUT2D eigenvalue weighted by Crippen LogP contribution is 2.43. The van der Waals surface area contributed by atoms with Crippen molar-refractivity contribution in [3.05, 3.63) is 206 Å². The molecule has 13 rings (SSSR count). The van der Waals surface area contributed by atoms with Gasteiger partial charge in [-0.05, 0) is 89.0 Å². The highest BCUT2D eigenvalue weighted by atomic mass is 16.3. The standard InChI is InChI=1S/C57H34N4O2/c1-4-14-35(15-5-1)55-58-56(36-16-6-2-7-17-36)60-57(59-55)43-22-13-25-52-54(43)46-34-39(28-31-50(46)63-52)41-21-12-24-51-53(41)45-33-38(27-30-49(45)62-51)37-26-29-48-44(32-37)42-20-10-11-23-47(42)61(48)40-18-8-3-9-19-40/h1-34H. The zero-order chi connectivity index (χ0) is 41.4. The second-order valence-corrected chi connectivity index (χ2v) is 15.9. The van der Waals surface area contributed by atoms with Crippen LogP contribution in [0.25, 0.3) is 128 Å². The molecule has 6 nitrogen and oxygen atoms in total. The lowest BCUT2D eigenvalue weighted by atomic mass is 9.95. The molecule has 0 radical (unpaired) electrons. The van der Waals surface area contributed by atoms with Gasteiger partial charge in [0.05, 0.1) is 11.0 Å². The molecule has 0 saturated carbocycles. The second-order valence-electron chi connectivity index (χ2n) is 15.9. The van der Waals surface area contributed by atoms with Crippen LogP contribution in [0.5, 0.6) is 0 Å². The number of nitrogens with zero attached hydrogens (tertiary/aromatic N) is 4. The van der Waals surface area contributed by atoms with Gasteiger partial charge in [0.25, 0.3) is 0 Å². The Balaban J connectivity index is 0.964. The van der Waals surface area contributed by atoms with Gasteiger partial charge in [0, 0.05) is 54.7 Å². The van der Waals surface area contributed by atoms with Crippen molar-refractivity contribution in [3.63, 3.8) is 0 Å². The molecule has 0 aliphatic heterocycles. The van der Waals surface area contributed by atoms with Crippen LogP contribution >= 0.6 is 0 Å². The summed E-state index contributed by atoms with van der Waals surface area (Å²) in [6.45, 7) is 0. The monoisotopic (exact) mass is 806 g/mol. The van der Waals surface area contributed by atoms with Crippen molar-refractivity contribution < 1.29 is 8.83 Å². The summed E-state index contributed by atoms with van der Waals surface area (Å²) in [6.07, 6.45) is 0. The molecular formula is C57H34N4O2. The van der Waals surface area contributed by atoms with Crippen molar-refractivity contribution in [1.29, 1.82) is 0 Å². The fourth-order valence-corrected chi connectivity index (χ4v) is 9.36. The summed E-state index contributed by atoms with van der Waals surface area (Å²) in [5.41, 5.74) is 13.9. The number of para-hydroxylation sites is 2. The Kier molecular flexibility index (Phi) is 7.80. The number of aromatic nitrogens is 4. The maximum absolute atomic E-state index is 6.56. The summed E-state index contributed by atoms with van der Waals surface area (Å²) in [4.78, 5) is 15.1. The molecule has 9 aromatic carbocycles. The highest BCUT2D eigenvalue weighted by molar-refractivity contribution is 6.17. The van der Waals surface area contributed by atoms with Gasteiger partial charge in [0.1, 0.15) is 22.3 Å². The molecule has 294 valence electrons. The third-order valence-electron chi connectivity index (χ3n) is 12.3. The van der Waals surface area contributed by atoms with E-state index < -0.39 is 0 Å². The van der Waals surface area contributed by atoms with Crippen LogP contribution in [-0.4, -0.2) is 19.5 Å². The number of hydrogen-bond donors (Lipinski definition) is 0. The molecule has 0 bridgehead atoms. The molecule has 0 unspecified atom stereocenters. The molecule has 0 N–H and O–H groups in total. The Morgan fingerprint density at radius 2 is 0.794 bits per heavy atom. The normalized spacial score (nSPS) is 11.8. The Bertz CT molecular complexity index is 3850. The predicted octanol–water partition coefficient (Wildman–Crippen LogP) is 15.1. The zero-order valence-corrected chi connectivity index (χ0v) is 33.7. The number of fused-ring (bicyclic) bond motifs is 9. The lowest BCUT2D eigenvalue weighted by Crippen LogP contribution is -2.00. The van der Waals surface area contributed by atoms with Gasteiger partial charge in [0.15, 0.2) is 17.5 Å². The van der Waals surface area contributed by atoms with E-state index in [4.69, 9.17) is 23.8 Å². The summed E-state index contributed by atoms with van der Waals surface area (Å²) in [6, 6.07) is 71.6. The quantitative estimate of drug-likeness (QED) is 0.167. The number of hydrogen-bond acceptors (Lipinski definition) is 5. The topological polar surface area (TPSA) is 69.9 Å². The first kappa shape index (κ1) is 35.2. The van der Waals surface area contributed by atoms with Crippen molar-refractivity contribution in [2.45, 2.75) is 0 Å². The summed E-state index contributed by atoms with van der Waals surface area (Å²) >= 11 is 0. The van der Waals surface area contributed by atoms with Gasteiger partial charge >= 0.3 is 0 Å². The number of rotatable bonds is 6. The minimum absolute atomic E-state index is 0.583. The maximum atomic E-state index is 6.56. The van der Waals surface area contributed by atoms with Gasteiger partial charge in [-0.25, -0.2) is 15.0 Å². The average molecular weight is 807 g/mol. The smallest absolute Gasteiger partial charge is 0.164 e. The maximum Gasteiger partial charge on any atom is 0.164 e. The molecule has 0 atom stereocenters. The van der Waals surface area contributed by atoms with Crippen molar-refractivity contribution in [2.24, 2.45) is 0 Å². The average Bonchev–Trinajstić information content (AvgIpc) is 4.03. The third kappa shape index (κ3) is 5.69. The Hall–Kier alpha value is -8.61. The van der Waals surface area contributed by atoms with Crippen molar-refractivity contribution in [1.82, 2.24) is 19.5 Å². The molecule has 4 heterocycles. The van der Waals surface area contributed by atoms with Gasteiger partial charge in [0.2, 0.25) is 0 Å². The molecule has 0 amide bonds. The number of benzene rings is 9. The van der Waals surface area contributed by atoms with Crippen LogP contribution < -0.4 is 0 Å². The van der Waals surface area contributed by atoms with E-state index in [0.29, 0.717) is 17.5 Å². The van der Waals surface area contributed by atoms with Gasteiger partial charge in [-0.1, -0.05) is 140 Å². The zero-order valence-electron chi connectivity index (χ0n) is 33.7. The van der Waals surface area contributed by atoms with Crippen molar-refractivity contribution >= 4 is 65.7 Å². The van der Waals surface area contributed by atoms with Gasteiger partial charge < -0.3 is 13.4 Å². The third-order valence-corrected chi connectivity index (χ3v) is 12.3. The largest absolute Gasteiger partial charge is 0.456 e. The first-order chi connectivity index (χ1) is 31.2. The van der Waals surface area contributed by atoms with E-state index in [0.717, 1.165) is 88.5 Å². The minimum Gasteiger partial charge on any atom is -0.456 e. The van der Waals surface area contributed by atoms with Crippen LogP contribution in [0.15, 0.2) is 215 Å². The van der Waals surface area contributed by atoms with Gasteiger partial charge in [-0.15, -0.1) is 0 Å². The molecular weight excluding hydrogens is 773 g/mol. The molecule has 0 fully saturated rings. The Morgan fingerprint density at radius 3 is 1.46 bits per heavy atom. The van der Waals surface area contributed by atoms with E-state index in [9.17, 15) is 0 Å². The first-order valence-electron chi connectivity index (χ1n) is 21.1. The SMILES string of the molecule is c1ccc(-c2nc(-c3ccccc3)nc(-c3cccc4oc5ccc(-c6cccc7oc8ccc(-c9ccc%10c(c9)c9ccccc9n%10-c9ccccc9)cc8c67)cc5c34)n2)cc1. The summed E-state index contributed by atoms with van der Waals surface area (Å²) < 4.78 is 15.4. The molecule has 0 saturated heterocycles. The van der Waals surface area contributed by atoms with Gasteiger partial charge in [-0.2, -0.15) is 0 Å². The molecule has 63 heavy (non-hydrogen) atoms. The minimum atomic E-state index is 0.583. The van der Waals surface area contributed by atoms with E-state index in [1.807, 2.05) is 72.8 Å². The summed E-state index contributed by atoms with van der Waals surface area (Å²) in [5, 5.41) is 6.51. The lowest BCUT2D eigenvalue weighted by molar-refractivity contribution is 0.669. The van der Waals surface area contributed by atoms with Gasteiger partial charge in [-0.3, -0.25) is 0 Å². The number of furan rings is 2. The Morgan fingerprint density at radius 1 is 0.302 bits per heavy atom. The summed E-state index contributed by atoms with van der Waals surface area (Å²) in [5.74, 6) is 1.81. The summed E-state index contributed by atoms with van der Waals surface area (Å²) in [7, 11) is 0. The van der Waals surface area contributed by atoms with Crippen molar-refractivity contribution in [2.75, 3.05) is 0 Å². The second kappa shape index (κ2) is 14.0. The molecule has 6 heteroatoms. The van der Waals surface area contributed by atoms with E-state index in [2.05, 4.69) is 138 Å².